The molecule has 1 aromatic carbocycles. The number of amides is 1. The Bertz CT molecular complexity index is 936. The van der Waals surface area contributed by atoms with Crippen LogP contribution in [0.2, 0.25) is 0 Å². The van der Waals surface area contributed by atoms with Crippen molar-refractivity contribution in [3.8, 4) is 22.1 Å². The Kier molecular flexibility index (Phi) is 5.49. The number of aromatic hydroxyl groups is 1. The maximum absolute atomic E-state index is 11.4. The van der Waals surface area contributed by atoms with Crippen LogP contribution in [0.4, 0.5) is 10.1 Å². The summed E-state index contributed by atoms with van der Waals surface area (Å²) in [6.45, 7) is 1.46. The van der Waals surface area contributed by atoms with Crippen LogP contribution in [0.25, 0.3) is 10.6 Å². The molecule has 0 aliphatic carbocycles. The van der Waals surface area contributed by atoms with Crippen LogP contribution in [0.3, 0.4) is 0 Å². The van der Waals surface area contributed by atoms with Crippen molar-refractivity contribution in [1.29, 1.82) is 0 Å². The van der Waals surface area contributed by atoms with Gasteiger partial charge < -0.3 is 15.2 Å². The Labute approximate surface area is 158 Å². The van der Waals surface area contributed by atoms with E-state index in [9.17, 15) is 9.90 Å². The highest BCUT2D eigenvalue weighted by Crippen LogP contribution is 2.37. The van der Waals surface area contributed by atoms with E-state index >= 15 is 0 Å². The molecule has 0 radical (unpaired) electrons. The number of thiazole rings is 1. The van der Waals surface area contributed by atoms with Gasteiger partial charge >= 0.3 is 0 Å². The Morgan fingerprint density at radius 3 is 2.92 bits per heavy atom. The first-order valence-corrected chi connectivity index (χ1v) is 9.25. The second-order valence-corrected chi connectivity index (χ2v) is 7.10. The van der Waals surface area contributed by atoms with Crippen LogP contribution in [0, 0.1) is 0 Å². The zero-order valence-electron chi connectivity index (χ0n) is 14.0. The SMILES string of the molecule is COc1cc(/C=N\Nc2nc(-c3cccs3)c(NC(C)=O)s2)ccc1O. The van der Waals surface area contributed by atoms with Crippen LogP contribution in [-0.2, 0) is 4.79 Å². The van der Waals surface area contributed by atoms with Crippen molar-refractivity contribution in [2.24, 2.45) is 5.10 Å². The fourth-order valence-electron chi connectivity index (χ4n) is 2.13. The summed E-state index contributed by atoms with van der Waals surface area (Å²) in [7, 11) is 1.49. The van der Waals surface area contributed by atoms with E-state index in [1.807, 2.05) is 17.5 Å². The van der Waals surface area contributed by atoms with Crippen LogP contribution in [-0.4, -0.2) is 29.3 Å². The van der Waals surface area contributed by atoms with Gasteiger partial charge in [0.2, 0.25) is 11.0 Å². The number of carbonyl (C=O) groups is 1. The predicted molar refractivity (Wildman–Crippen MR) is 106 cm³/mol. The van der Waals surface area contributed by atoms with E-state index in [4.69, 9.17) is 4.74 Å². The minimum Gasteiger partial charge on any atom is -0.504 e. The molecule has 7 nitrogen and oxygen atoms in total. The molecule has 0 saturated heterocycles. The molecule has 26 heavy (non-hydrogen) atoms. The van der Waals surface area contributed by atoms with Crippen molar-refractivity contribution < 1.29 is 14.6 Å². The van der Waals surface area contributed by atoms with Gasteiger partial charge in [0.05, 0.1) is 18.2 Å². The van der Waals surface area contributed by atoms with Crippen molar-refractivity contribution in [2.45, 2.75) is 6.92 Å². The molecule has 0 bridgehead atoms. The number of hydrogen-bond donors (Lipinski definition) is 3. The van der Waals surface area contributed by atoms with Gasteiger partial charge in [-0.3, -0.25) is 10.2 Å². The third-order valence-electron chi connectivity index (χ3n) is 3.25. The maximum Gasteiger partial charge on any atom is 0.221 e. The number of carbonyl (C=O) groups excluding carboxylic acids is 1. The van der Waals surface area contributed by atoms with Crippen molar-refractivity contribution in [1.82, 2.24) is 4.98 Å². The van der Waals surface area contributed by atoms with Crippen LogP contribution in [0.15, 0.2) is 40.8 Å². The molecule has 3 rings (SSSR count). The number of phenolic OH excluding ortho intramolecular Hbond substituents is 1. The minimum atomic E-state index is -0.155. The first-order valence-electron chi connectivity index (χ1n) is 7.55. The molecule has 2 heterocycles. The summed E-state index contributed by atoms with van der Waals surface area (Å²) in [6.07, 6.45) is 1.59. The van der Waals surface area contributed by atoms with Crippen molar-refractivity contribution in [2.75, 3.05) is 17.9 Å². The third kappa shape index (κ3) is 4.19. The molecule has 3 N–H and O–H groups in total. The first-order chi connectivity index (χ1) is 12.6. The molecule has 0 spiro atoms. The summed E-state index contributed by atoms with van der Waals surface area (Å²) >= 11 is 2.85. The van der Waals surface area contributed by atoms with Crippen molar-refractivity contribution >= 4 is 44.9 Å². The van der Waals surface area contributed by atoms with Crippen LogP contribution in [0.5, 0.6) is 11.5 Å². The lowest BCUT2D eigenvalue weighted by molar-refractivity contribution is -0.114. The number of rotatable bonds is 6. The van der Waals surface area contributed by atoms with Gasteiger partial charge in [0.15, 0.2) is 11.5 Å². The van der Waals surface area contributed by atoms with Crippen molar-refractivity contribution in [3.05, 3.63) is 41.3 Å². The third-order valence-corrected chi connectivity index (χ3v) is 5.00. The number of thiophene rings is 1. The van der Waals surface area contributed by atoms with E-state index in [-0.39, 0.29) is 11.7 Å². The molecule has 2 aromatic heterocycles. The molecule has 9 heteroatoms. The molecule has 0 atom stereocenters. The summed E-state index contributed by atoms with van der Waals surface area (Å²) < 4.78 is 5.07. The summed E-state index contributed by atoms with van der Waals surface area (Å²) in [5.74, 6) is 0.284. The highest BCUT2D eigenvalue weighted by molar-refractivity contribution is 7.21. The number of aromatic nitrogens is 1. The number of hydrogen-bond acceptors (Lipinski definition) is 8. The van der Waals surface area contributed by atoms with E-state index in [0.717, 1.165) is 10.4 Å². The van der Waals surface area contributed by atoms with Crippen LogP contribution < -0.4 is 15.5 Å². The molecule has 134 valence electrons. The average Bonchev–Trinajstić information content (AvgIpc) is 3.25. The largest absolute Gasteiger partial charge is 0.504 e. The zero-order valence-corrected chi connectivity index (χ0v) is 15.6. The highest BCUT2D eigenvalue weighted by atomic mass is 32.1. The summed E-state index contributed by atoms with van der Waals surface area (Å²) in [5, 5.41) is 19.7. The minimum absolute atomic E-state index is 0.0677. The fraction of sp³-hybridized carbons (Fsp3) is 0.118. The average molecular weight is 388 g/mol. The Balaban J connectivity index is 1.78. The normalized spacial score (nSPS) is 10.8. The summed E-state index contributed by atoms with van der Waals surface area (Å²) in [4.78, 5) is 16.9. The number of methoxy groups -OCH3 is 1. The van der Waals surface area contributed by atoms with Gasteiger partial charge in [0.1, 0.15) is 10.7 Å². The van der Waals surface area contributed by atoms with Crippen LogP contribution >= 0.6 is 22.7 Å². The lowest BCUT2D eigenvalue weighted by Crippen LogP contribution is -2.04. The van der Waals surface area contributed by atoms with Gasteiger partial charge in [-0.1, -0.05) is 17.4 Å². The number of phenols is 1. The summed E-state index contributed by atoms with van der Waals surface area (Å²) in [6, 6.07) is 8.79. The Hall–Kier alpha value is -2.91. The molecular weight excluding hydrogens is 372 g/mol. The molecule has 0 fully saturated rings. The topological polar surface area (TPSA) is 95.8 Å². The second kappa shape index (κ2) is 7.98. The van der Waals surface area contributed by atoms with E-state index in [1.54, 1.807) is 29.7 Å². The number of ether oxygens (including phenoxy) is 1. The van der Waals surface area contributed by atoms with E-state index < -0.39 is 0 Å². The van der Waals surface area contributed by atoms with E-state index in [2.05, 4.69) is 20.8 Å². The Morgan fingerprint density at radius 1 is 1.38 bits per heavy atom. The van der Waals surface area contributed by atoms with Gasteiger partial charge in [-0.25, -0.2) is 4.98 Å². The van der Waals surface area contributed by atoms with Gasteiger partial charge in [0.25, 0.3) is 0 Å². The fourth-order valence-corrected chi connectivity index (χ4v) is 3.79. The lowest BCUT2D eigenvalue weighted by Gasteiger charge is -2.03. The maximum atomic E-state index is 11.4. The molecule has 1 amide bonds. The molecular formula is C17H16N4O3S2. The standard InChI is InChI=1S/C17H16N4O3S2/c1-10(22)19-16-15(14-4-3-7-25-14)20-17(26-16)21-18-9-11-5-6-12(23)13(8-11)24-2/h3-9,23H,1-2H3,(H,19,22)(H,20,21)/b18-9-. The van der Waals surface area contributed by atoms with Gasteiger partial charge in [-0.2, -0.15) is 5.10 Å². The van der Waals surface area contributed by atoms with Gasteiger partial charge in [-0.05, 0) is 35.2 Å². The zero-order chi connectivity index (χ0) is 18.5. The van der Waals surface area contributed by atoms with E-state index in [1.165, 1.54) is 31.4 Å². The quantitative estimate of drug-likeness (QED) is 0.438. The molecule has 0 aliphatic heterocycles. The number of hydrazone groups is 1. The molecule has 0 aliphatic rings. The molecule has 0 saturated carbocycles. The Morgan fingerprint density at radius 2 is 2.23 bits per heavy atom. The number of nitrogens with zero attached hydrogens (tertiary/aromatic N) is 2. The van der Waals surface area contributed by atoms with Gasteiger partial charge in [-0.15, -0.1) is 11.3 Å². The highest BCUT2D eigenvalue weighted by Gasteiger charge is 2.14. The predicted octanol–water partition coefficient (Wildman–Crippen LogP) is 3.99. The molecule has 0 unspecified atom stereocenters. The lowest BCUT2D eigenvalue weighted by atomic mass is 10.2. The number of anilines is 2. The monoisotopic (exact) mass is 388 g/mol. The number of benzene rings is 1. The van der Waals surface area contributed by atoms with Crippen LogP contribution in [0.1, 0.15) is 12.5 Å². The molecule has 3 aromatic rings. The second-order valence-electron chi connectivity index (χ2n) is 5.16. The number of nitrogens with one attached hydrogen (secondary N) is 2. The van der Waals surface area contributed by atoms with Gasteiger partial charge in [0, 0.05) is 6.92 Å². The first kappa shape index (κ1) is 17.9. The van der Waals surface area contributed by atoms with Crippen molar-refractivity contribution in [3.63, 3.8) is 0 Å². The summed E-state index contributed by atoms with van der Waals surface area (Å²) in [5.41, 5.74) is 4.33. The smallest absolute Gasteiger partial charge is 0.221 e. The van der Waals surface area contributed by atoms with E-state index in [0.29, 0.717) is 21.6 Å².